The fourth-order valence-corrected chi connectivity index (χ4v) is 4.09. The molecule has 2 aromatic heterocycles. The number of nitrogens with zero attached hydrogens (tertiary/aromatic N) is 4. The van der Waals surface area contributed by atoms with Crippen LogP contribution in [0.5, 0.6) is 0 Å². The minimum absolute atomic E-state index is 0.0950. The number of fused-ring (bicyclic) bond motifs is 1. The van der Waals surface area contributed by atoms with Gasteiger partial charge in [-0.3, -0.25) is 4.79 Å². The molecule has 0 aliphatic carbocycles. The van der Waals surface area contributed by atoms with Crippen molar-refractivity contribution in [1.29, 1.82) is 0 Å². The number of alkyl halides is 3. The molecule has 0 radical (unpaired) electrons. The van der Waals surface area contributed by atoms with Crippen molar-refractivity contribution in [2.24, 2.45) is 0 Å². The second kappa shape index (κ2) is 8.10. The zero-order valence-electron chi connectivity index (χ0n) is 16.3. The van der Waals surface area contributed by atoms with Crippen LogP contribution in [0, 0.1) is 6.92 Å². The van der Waals surface area contributed by atoms with Gasteiger partial charge in [-0.05, 0) is 55.5 Å². The molecule has 2 aromatic carbocycles. The summed E-state index contributed by atoms with van der Waals surface area (Å²) >= 11 is 1.55. The van der Waals surface area contributed by atoms with Crippen molar-refractivity contribution >= 4 is 28.6 Å². The number of hydrogen-bond donors (Lipinski definition) is 1. The lowest BCUT2D eigenvalue weighted by atomic mass is 10.2. The average molecular weight is 446 g/mol. The van der Waals surface area contributed by atoms with Crippen LogP contribution in [0.2, 0.25) is 0 Å². The van der Waals surface area contributed by atoms with Crippen LogP contribution in [-0.4, -0.2) is 30.6 Å². The molecule has 0 aliphatic heterocycles. The molecule has 4 rings (SSSR count). The molecule has 0 fully saturated rings. The molecule has 0 atom stereocenters. The van der Waals surface area contributed by atoms with Gasteiger partial charge in [-0.15, -0.1) is 11.8 Å². The zero-order chi connectivity index (χ0) is 22.2. The van der Waals surface area contributed by atoms with Gasteiger partial charge in [0.25, 0.3) is 0 Å². The molecule has 2 heterocycles. The standard InChI is InChI=1S/C21H17F3N4O2S/c1-13-18(26-28(25-13)16-4-2-15(3-5-16)21(22,23)24)12-31-17-6-7-19-14(10-17)8-9-27(19)11-20(29)30/h2-10H,11-12H2,1H3,(H,29,30). The summed E-state index contributed by atoms with van der Waals surface area (Å²) in [4.78, 5) is 13.3. The number of aliphatic carboxylic acids is 1. The highest BCUT2D eigenvalue weighted by molar-refractivity contribution is 7.98. The van der Waals surface area contributed by atoms with Crippen LogP contribution < -0.4 is 0 Å². The summed E-state index contributed by atoms with van der Waals surface area (Å²) in [6, 6.07) is 12.3. The number of aromatic nitrogens is 4. The quantitative estimate of drug-likeness (QED) is 0.426. The molecular weight excluding hydrogens is 429 g/mol. The lowest BCUT2D eigenvalue weighted by molar-refractivity contribution is -0.138. The molecule has 0 saturated heterocycles. The third-order valence-corrected chi connectivity index (χ3v) is 5.73. The van der Waals surface area contributed by atoms with Crippen molar-refractivity contribution in [3.63, 3.8) is 0 Å². The number of carboxylic acids is 1. The van der Waals surface area contributed by atoms with E-state index in [-0.39, 0.29) is 6.54 Å². The Morgan fingerprint density at radius 2 is 1.84 bits per heavy atom. The second-order valence-electron chi connectivity index (χ2n) is 6.91. The third kappa shape index (κ3) is 4.58. The monoisotopic (exact) mass is 446 g/mol. The predicted molar refractivity (Wildman–Crippen MR) is 110 cm³/mol. The fourth-order valence-electron chi connectivity index (χ4n) is 3.14. The van der Waals surface area contributed by atoms with Crippen LogP contribution in [0.1, 0.15) is 17.0 Å². The van der Waals surface area contributed by atoms with Gasteiger partial charge in [0, 0.05) is 27.7 Å². The van der Waals surface area contributed by atoms with Gasteiger partial charge < -0.3 is 9.67 Å². The first-order valence-electron chi connectivity index (χ1n) is 9.24. The molecule has 10 heteroatoms. The predicted octanol–water partition coefficient (Wildman–Crippen LogP) is 4.93. The van der Waals surface area contributed by atoms with Crippen molar-refractivity contribution < 1.29 is 23.1 Å². The van der Waals surface area contributed by atoms with E-state index in [0.29, 0.717) is 17.1 Å². The van der Waals surface area contributed by atoms with Gasteiger partial charge in [-0.25, -0.2) is 0 Å². The van der Waals surface area contributed by atoms with Gasteiger partial charge in [0.05, 0.1) is 22.6 Å². The van der Waals surface area contributed by atoms with Crippen LogP contribution in [-0.2, 0) is 23.3 Å². The van der Waals surface area contributed by atoms with E-state index < -0.39 is 17.7 Å². The number of benzene rings is 2. The minimum Gasteiger partial charge on any atom is -0.480 e. The summed E-state index contributed by atoms with van der Waals surface area (Å²) in [5.74, 6) is -0.365. The Morgan fingerprint density at radius 1 is 1.10 bits per heavy atom. The van der Waals surface area contributed by atoms with Crippen LogP contribution in [0.4, 0.5) is 13.2 Å². The van der Waals surface area contributed by atoms with Crippen LogP contribution in [0.25, 0.3) is 16.6 Å². The minimum atomic E-state index is -4.39. The van der Waals surface area contributed by atoms with Crippen molar-refractivity contribution in [1.82, 2.24) is 19.6 Å². The Bertz CT molecular complexity index is 1250. The molecule has 160 valence electrons. The normalized spacial score (nSPS) is 11.9. The zero-order valence-corrected chi connectivity index (χ0v) is 17.1. The van der Waals surface area contributed by atoms with Crippen LogP contribution >= 0.6 is 11.8 Å². The average Bonchev–Trinajstić information content (AvgIpc) is 3.28. The van der Waals surface area contributed by atoms with Crippen molar-refractivity contribution in [2.75, 3.05) is 0 Å². The highest BCUT2D eigenvalue weighted by Gasteiger charge is 2.30. The molecule has 0 bridgehead atoms. The van der Waals surface area contributed by atoms with E-state index >= 15 is 0 Å². The first-order valence-corrected chi connectivity index (χ1v) is 10.2. The number of carboxylic acid groups (broad SMARTS) is 1. The SMILES string of the molecule is Cc1nn(-c2ccc(C(F)(F)F)cc2)nc1CSc1ccc2c(ccn2CC(=O)O)c1. The summed E-state index contributed by atoms with van der Waals surface area (Å²) < 4.78 is 39.9. The number of hydrogen-bond acceptors (Lipinski definition) is 4. The lowest BCUT2D eigenvalue weighted by Gasteiger charge is -2.06. The first-order chi connectivity index (χ1) is 14.7. The topological polar surface area (TPSA) is 72.9 Å². The summed E-state index contributed by atoms with van der Waals surface area (Å²) in [7, 11) is 0. The van der Waals surface area contributed by atoms with Crippen LogP contribution in [0.3, 0.4) is 0 Å². The van der Waals surface area contributed by atoms with Gasteiger partial charge in [-0.1, -0.05) is 0 Å². The van der Waals surface area contributed by atoms with Crippen molar-refractivity contribution in [3.8, 4) is 5.69 Å². The summed E-state index contributed by atoms with van der Waals surface area (Å²) in [5, 5.41) is 18.7. The van der Waals surface area contributed by atoms with Gasteiger partial charge in [0.1, 0.15) is 6.54 Å². The van der Waals surface area contributed by atoms with Crippen molar-refractivity contribution in [2.45, 2.75) is 30.3 Å². The molecule has 6 nitrogen and oxygen atoms in total. The van der Waals surface area contributed by atoms with Crippen molar-refractivity contribution in [3.05, 3.63) is 71.7 Å². The largest absolute Gasteiger partial charge is 0.480 e. The molecule has 31 heavy (non-hydrogen) atoms. The van der Waals surface area contributed by atoms with E-state index in [1.165, 1.54) is 16.9 Å². The van der Waals surface area contributed by atoms with Gasteiger partial charge in [-0.2, -0.15) is 28.2 Å². The Hall–Kier alpha value is -3.27. The Morgan fingerprint density at radius 3 is 2.52 bits per heavy atom. The van der Waals surface area contributed by atoms with E-state index in [2.05, 4.69) is 10.2 Å². The summed E-state index contributed by atoms with van der Waals surface area (Å²) in [6.07, 6.45) is -2.64. The number of rotatable bonds is 6. The number of carbonyl (C=O) groups is 1. The highest BCUT2D eigenvalue weighted by Crippen LogP contribution is 2.30. The maximum absolute atomic E-state index is 12.7. The van der Waals surface area contributed by atoms with E-state index in [1.54, 1.807) is 29.4 Å². The maximum Gasteiger partial charge on any atom is 0.416 e. The number of aryl methyl sites for hydroxylation is 1. The van der Waals surface area contributed by atoms with Crippen LogP contribution in [0.15, 0.2) is 59.6 Å². The van der Waals surface area contributed by atoms with E-state index in [1.807, 2.05) is 24.3 Å². The molecule has 1 N–H and O–H groups in total. The van der Waals surface area contributed by atoms with Gasteiger partial charge in [0.2, 0.25) is 0 Å². The molecule has 4 aromatic rings. The number of thioether (sulfide) groups is 1. The summed E-state index contributed by atoms with van der Waals surface area (Å²) in [5.41, 5.74) is 2.00. The van der Waals surface area contributed by atoms with E-state index in [9.17, 15) is 18.0 Å². The number of halogens is 3. The smallest absolute Gasteiger partial charge is 0.416 e. The third-order valence-electron chi connectivity index (χ3n) is 4.73. The highest BCUT2D eigenvalue weighted by atomic mass is 32.2. The second-order valence-corrected chi connectivity index (χ2v) is 7.96. The molecular formula is C21H17F3N4O2S. The Labute approximate surface area is 179 Å². The fraction of sp³-hybridized carbons (Fsp3) is 0.190. The van der Waals surface area contributed by atoms with Gasteiger partial charge in [0.15, 0.2) is 0 Å². The molecule has 0 amide bonds. The lowest BCUT2D eigenvalue weighted by Crippen LogP contribution is -2.06. The summed E-state index contributed by atoms with van der Waals surface area (Å²) in [6.45, 7) is 1.71. The molecule has 0 spiro atoms. The van der Waals surface area contributed by atoms with Gasteiger partial charge >= 0.3 is 12.1 Å². The Balaban J connectivity index is 1.48. The molecule has 0 unspecified atom stereocenters. The maximum atomic E-state index is 12.7. The first kappa shape index (κ1) is 21.0. The Kier molecular flexibility index (Phi) is 5.48. The molecule has 0 saturated carbocycles. The van der Waals surface area contributed by atoms with E-state index in [4.69, 9.17) is 5.11 Å². The van der Waals surface area contributed by atoms with E-state index in [0.717, 1.165) is 33.6 Å². The molecule has 0 aliphatic rings.